The molecule has 0 aliphatic heterocycles. The zero-order chi connectivity index (χ0) is 15.5. The lowest BCUT2D eigenvalue weighted by molar-refractivity contribution is -0.130. The normalized spacial score (nSPS) is 13.2. The molecule has 0 aliphatic rings. The Morgan fingerprint density at radius 3 is 2.30 bits per heavy atom. The third kappa shape index (κ3) is 8.76. The Hall–Kier alpha value is -1.28. The highest BCUT2D eigenvalue weighted by atomic mass is 32.2. The summed E-state index contributed by atoms with van der Waals surface area (Å²) in [6.07, 6.45) is 1.37. The number of hydrogen-bond acceptors (Lipinski definition) is 5. The first-order valence-electron chi connectivity index (χ1n) is 6.37. The van der Waals surface area contributed by atoms with E-state index in [4.69, 9.17) is 0 Å². The molecule has 116 valence electrons. The lowest BCUT2D eigenvalue weighted by Crippen LogP contribution is -2.52. The maximum Gasteiger partial charge on any atom is 0.245 e. The number of thioether (sulfide) groups is 1. The molecule has 0 fully saturated rings. The second-order valence-corrected chi connectivity index (χ2v) is 5.29. The summed E-state index contributed by atoms with van der Waals surface area (Å²) in [5.41, 5.74) is 0. The van der Waals surface area contributed by atoms with Gasteiger partial charge >= 0.3 is 0 Å². The largest absolute Gasteiger partial charge is 0.391 e. The van der Waals surface area contributed by atoms with Gasteiger partial charge in [-0.25, -0.2) is 0 Å². The van der Waals surface area contributed by atoms with E-state index in [0.717, 1.165) is 5.75 Å². The highest BCUT2D eigenvalue weighted by molar-refractivity contribution is 7.98. The molecule has 20 heavy (non-hydrogen) atoms. The van der Waals surface area contributed by atoms with Crippen molar-refractivity contribution in [3.63, 3.8) is 0 Å². The maximum absolute atomic E-state index is 11.7. The van der Waals surface area contributed by atoms with Crippen molar-refractivity contribution in [1.29, 1.82) is 0 Å². The van der Waals surface area contributed by atoms with Gasteiger partial charge in [0.1, 0.15) is 6.04 Å². The summed E-state index contributed by atoms with van der Waals surface area (Å²) in [6, 6.07) is -0.986. The van der Waals surface area contributed by atoms with Gasteiger partial charge < -0.3 is 21.1 Å². The van der Waals surface area contributed by atoms with Gasteiger partial charge in [0.25, 0.3) is 0 Å². The standard InChI is InChI=1S/C12H23N3O4S/c1-8(16)11(15-9(2)17)12(19)14-6-5-13-10(18)4-7-20-3/h8,11,16H,4-7H2,1-3H3,(H,13,18)(H,14,19)(H,15,17)/t8-,11+/m1/s1. The fourth-order valence-electron chi connectivity index (χ4n) is 1.40. The van der Waals surface area contributed by atoms with Crippen molar-refractivity contribution < 1.29 is 19.5 Å². The average molecular weight is 305 g/mol. The number of carbonyl (C=O) groups excluding carboxylic acids is 3. The third-order valence-corrected chi connectivity index (χ3v) is 3.02. The van der Waals surface area contributed by atoms with Crippen molar-refractivity contribution in [3.8, 4) is 0 Å². The van der Waals surface area contributed by atoms with E-state index >= 15 is 0 Å². The number of amides is 3. The third-order valence-electron chi connectivity index (χ3n) is 2.40. The number of rotatable bonds is 9. The quantitative estimate of drug-likeness (QED) is 0.403. The van der Waals surface area contributed by atoms with Gasteiger partial charge in [0.15, 0.2) is 0 Å². The van der Waals surface area contributed by atoms with Crippen LogP contribution in [0, 0.1) is 0 Å². The Morgan fingerprint density at radius 1 is 1.20 bits per heavy atom. The second kappa shape index (κ2) is 10.5. The van der Waals surface area contributed by atoms with Gasteiger partial charge in [0.05, 0.1) is 6.10 Å². The number of aliphatic hydroxyl groups is 1. The second-order valence-electron chi connectivity index (χ2n) is 4.30. The summed E-state index contributed by atoms with van der Waals surface area (Å²) in [6.45, 7) is 3.25. The van der Waals surface area contributed by atoms with Crippen LogP contribution in [0.3, 0.4) is 0 Å². The van der Waals surface area contributed by atoms with Crippen LogP contribution in [0.15, 0.2) is 0 Å². The zero-order valence-electron chi connectivity index (χ0n) is 12.1. The summed E-state index contributed by atoms with van der Waals surface area (Å²) in [5, 5.41) is 17.0. The Morgan fingerprint density at radius 2 is 1.80 bits per heavy atom. The van der Waals surface area contributed by atoms with Crippen molar-refractivity contribution in [2.45, 2.75) is 32.4 Å². The Labute approximate surface area is 123 Å². The zero-order valence-corrected chi connectivity index (χ0v) is 12.9. The van der Waals surface area contributed by atoms with Crippen LogP contribution < -0.4 is 16.0 Å². The monoisotopic (exact) mass is 305 g/mol. The van der Waals surface area contributed by atoms with E-state index in [9.17, 15) is 19.5 Å². The van der Waals surface area contributed by atoms with Crippen LogP contribution >= 0.6 is 11.8 Å². The Bertz CT molecular complexity index is 337. The van der Waals surface area contributed by atoms with Gasteiger partial charge in [0, 0.05) is 32.2 Å². The summed E-state index contributed by atoms with van der Waals surface area (Å²) >= 11 is 1.59. The highest BCUT2D eigenvalue weighted by Crippen LogP contribution is 1.94. The first-order valence-corrected chi connectivity index (χ1v) is 7.76. The summed E-state index contributed by atoms with van der Waals surface area (Å²) < 4.78 is 0. The summed E-state index contributed by atoms with van der Waals surface area (Å²) in [5.74, 6) is -0.183. The van der Waals surface area contributed by atoms with E-state index in [0.29, 0.717) is 13.0 Å². The van der Waals surface area contributed by atoms with E-state index in [1.54, 1.807) is 11.8 Å². The molecule has 4 N–H and O–H groups in total. The van der Waals surface area contributed by atoms with Crippen LogP contribution in [0.2, 0.25) is 0 Å². The number of carbonyl (C=O) groups is 3. The molecule has 0 aromatic rings. The predicted molar refractivity (Wildman–Crippen MR) is 78.3 cm³/mol. The molecule has 0 heterocycles. The molecule has 0 spiro atoms. The minimum atomic E-state index is -0.991. The predicted octanol–water partition coefficient (Wildman–Crippen LogP) is -1.14. The van der Waals surface area contributed by atoms with Crippen LogP contribution in [-0.2, 0) is 14.4 Å². The van der Waals surface area contributed by atoms with Crippen LogP contribution in [0.1, 0.15) is 20.3 Å². The van der Waals surface area contributed by atoms with Crippen LogP contribution in [0.4, 0.5) is 0 Å². The molecule has 0 aromatic heterocycles. The van der Waals surface area contributed by atoms with Gasteiger partial charge in [-0.15, -0.1) is 0 Å². The van der Waals surface area contributed by atoms with Crippen molar-refractivity contribution >= 4 is 29.5 Å². The highest BCUT2D eigenvalue weighted by Gasteiger charge is 2.23. The van der Waals surface area contributed by atoms with Gasteiger partial charge in [-0.3, -0.25) is 14.4 Å². The molecule has 0 saturated heterocycles. The first-order chi connectivity index (χ1) is 9.38. The molecular weight excluding hydrogens is 282 g/mol. The molecule has 0 aliphatic carbocycles. The van der Waals surface area contributed by atoms with E-state index in [1.807, 2.05) is 6.26 Å². The Kier molecular flexibility index (Phi) is 9.83. The average Bonchev–Trinajstić information content (AvgIpc) is 2.37. The van der Waals surface area contributed by atoms with E-state index < -0.39 is 24.0 Å². The number of hydrogen-bond donors (Lipinski definition) is 4. The van der Waals surface area contributed by atoms with Crippen molar-refractivity contribution in [3.05, 3.63) is 0 Å². The fourth-order valence-corrected chi connectivity index (χ4v) is 1.79. The molecule has 3 amide bonds. The summed E-state index contributed by atoms with van der Waals surface area (Å²) in [4.78, 5) is 34.0. The number of aliphatic hydroxyl groups excluding tert-OH is 1. The molecule has 0 saturated carbocycles. The topological polar surface area (TPSA) is 108 Å². The van der Waals surface area contributed by atoms with E-state index in [-0.39, 0.29) is 12.5 Å². The van der Waals surface area contributed by atoms with Crippen molar-refractivity contribution in [2.24, 2.45) is 0 Å². The molecule has 0 bridgehead atoms. The van der Waals surface area contributed by atoms with Crippen molar-refractivity contribution in [1.82, 2.24) is 16.0 Å². The smallest absolute Gasteiger partial charge is 0.245 e. The molecule has 0 aromatic carbocycles. The van der Waals surface area contributed by atoms with Crippen LogP contribution in [0.5, 0.6) is 0 Å². The van der Waals surface area contributed by atoms with E-state index in [2.05, 4.69) is 16.0 Å². The van der Waals surface area contributed by atoms with E-state index in [1.165, 1.54) is 13.8 Å². The molecule has 0 radical (unpaired) electrons. The Balaban J connectivity index is 3.95. The minimum Gasteiger partial charge on any atom is -0.391 e. The van der Waals surface area contributed by atoms with Gasteiger partial charge in [-0.2, -0.15) is 11.8 Å². The lowest BCUT2D eigenvalue weighted by Gasteiger charge is -2.20. The van der Waals surface area contributed by atoms with Gasteiger partial charge in [-0.1, -0.05) is 0 Å². The first kappa shape index (κ1) is 18.7. The molecular formula is C12H23N3O4S. The fraction of sp³-hybridized carbons (Fsp3) is 0.750. The molecule has 0 unspecified atom stereocenters. The van der Waals surface area contributed by atoms with Gasteiger partial charge in [-0.05, 0) is 13.2 Å². The van der Waals surface area contributed by atoms with Crippen LogP contribution in [-0.4, -0.2) is 60.1 Å². The maximum atomic E-state index is 11.7. The summed E-state index contributed by atoms with van der Waals surface area (Å²) in [7, 11) is 0. The van der Waals surface area contributed by atoms with Crippen LogP contribution in [0.25, 0.3) is 0 Å². The molecule has 7 nitrogen and oxygen atoms in total. The SMILES string of the molecule is CSCCC(=O)NCCNC(=O)[C@@H](NC(C)=O)[C@@H](C)O. The lowest BCUT2D eigenvalue weighted by atomic mass is 10.1. The van der Waals surface area contributed by atoms with Crippen molar-refractivity contribution in [2.75, 3.05) is 25.1 Å². The number of nitrogens with one attached hydrogen (secondary N) is 3. The minimum absolute atomic E-state index is 0.0671. The molecule has 0 rings (SSSR count). The molecule has 2 atom stereocenters. The van der Waals surface area contributed by atoms with Gasteiger partial charge in [0.2, 0.25) is 17.7 Å². The molecule has 8 heteroatoms.